The lowest BCUT2D eigenvalue weighted by Crippen LogP contribution is -2.36. The summed E-state index contributed by atoms with van der Waals surface area (Å²) in [6, 6.07) is 20.5. The van der Waals surface area contributed by atoms with Gasteiger partial charge in [-0.3, -0.25) is 0 Å². The van der Waals surface area contributed by atoms with Crippen LogP contribution in [0.3, 0.4) is 0 Å². The van der Waals surface area contributed by atoms with E-state index < -0.39 is 6.04 Å². The van der Waals surface area contributed by atoms with Gasteiger partial charge in [0.05, 0.1) is 13.2 Å². The first-order valence-corrected chi connectivity index (χ1v) is 11.5. The molecule has 0 bridgehead atoms. The second-order valence-corrected chi connectivity index (χ2v) is 8.34. The SMILES string of the molecule is O=CC1NC=Cc2cc(CCc3ccccc3)nc(Nc3cccc(N4CCOCC4)c3)c21. The topological polar surface area (TPSA) is 66.5 Å². The van der Waals surface area contributed by atoms with Crippen molar-refractivity contribution in [3.05, 3.63) is 89.2 Å². The maximum absolute atomic E-state index is 11.8. The van der Waals surface area contributed by atoms with Gasteiger partial charge in [-0.15, -0.1) is 0 Å². The van der Waals surface area contributed by atoms with Crippen molar-refractivity contribution < 1.29 is 9.53 Å². The lowest BCUT2D eigenvalue weighted by Gasteiger charge is -2.29. The van der Waals surface area contributed by atoms with Crippen molar-refractivity contribution in [1.82, 2.24) is 10.3 Å². The lowest BCUT2D eigenvalue weighted by molar-refractivity contribution is -0.109. The molecule has 3 heterocycles. The molecule has 33 heavy (non-hydrogen) atoms. The minimum atomic E-state index is -0.425. The molecule has 1 saturated heterocycles. The fraction of sp³-hybridized carbons (Fsp3) is 0.259. The minimum absolute atomic E-state index is 0.425. The number of hydrogen-bond acceptors (Lipinski definition) is 6. The number of benzene rings is 2. The van der Waals surface area contributed by atoms with Crippen LogP contribution in [0.25, 0.3) is 6.08 Å². The van der Waals surface area contributed by atoms with Gasteiger partial charge in [-0.2, -0.15) is 0 Å². The number of carbonyl (C=O) groups is 1. The summed E-state index contributed by atoms with van der Waals surface area (Å²) in [4.78, 5) is 19.1. The molecule has 5 rings (SSSR count). The Hall–Kier alpha value is -3.64. The number of aromatic nitrogens is 1. The molecular formula is C27H28N4O2. The molecule has 2 aliphatic heterocycles. The van der Waals surface area contributed by atoms with Crippen molar-refractivity contribution >= 4 is 29.6 Å². The van der Waals surface area contributed by atoms with Gasteiger partial charge in [0.15, 0.2) is 0 Å². The zero-order chi connectivity index (χ0) is 22.5. The van der Waals surface area contributed by atoms with E-state index in [1.54, 1.807) is 0 Å². The maximum atomic E-state index is 11.8. The zero-order valence-electron chi connectivity index (χ0n) is 18.5. The number of hydrogen-bond donors (Lipinski definition) is 2. The highest BCUT2D eigenvalue weighted by atomic mass is 16.5. The quantitative estimate of drug-likeness (QED) is 0.535. The van der Waals surface area contributed by atoms with E-state index in [2.05, 4.69) is 58.0 Å². The zero-order valence-corrected chi connectivity index (χ0v) is 18.5. The van der Waals surface area contributed by atoms with Gasteiger partial charge in [0.25, 0.3) is 0 Å². The Morgan fingerprint density at radius 2 is 1.91 bits per heavy atom. The molecule has 6 nitrogen and oxygen atoms in total. The predicted octanol–water partition coefficient (Wildman–Crippen LogP) is 4.26. The summed E-state index contributed by atoms with van der Waals surface area (Å²) in [6.45, 7) is 3.26. The summed E-state index contributed by atoms with van der Waals surface area (Å²) < 4.78 is 5.49. The molecule has 0 radical (unpaired) electrons. The van der Waals surface area contributed by atoms with E-state index in [4.69, 9.17) is 9.72 Å². The normalized spacial score (nSPS) is 17.2. The van der Waals surface area contributed by atoms with Crippen LogP contribution in [0.5, 0.6) is 0 Å². The van der Waals surface area contributed by atoms with Crippen LogP contribution in [-0.2, 0) is 22.4 Å². The van der Waals surface area contributed by atoms with Crippen molar-refractivity contribution in [2.45, 2.75) is 18.9 Å². The van der Waals surface area contributed by atoms with Crippen LogP contribution < -0.4 is 15.5 Å². The Labute approximate surface area is 194 Å². The summed E-state index contributed by atoms with van der Waals surface area (Å²) >= 11 is 0. The number of anilines is 3. The van der Waals surface area contributed by atoms with Gasteiger partial charge < -0.3 is 25.1 Å². The monoisotopic (exact) mass is 440 g/mol. The summed E-state index contributed by atoms with van der Waals surface area (Å²) in [5.74, 6) is 0.726. The molecule has 3 aromatic rings. The van der Waals surface area contributed by atoms with E-state index in [0.717, 1.165) is 79.4 Å². The molecule has 1 unspecified atom stereocenters. The second kappa shape index (κ2) is 9.88. The second-order valence-electron chi connectivity index (χ2n) is 8.34. The molecule has 1 aromatic heterocycles. The predicted molar refractivity (Wildman–Crippen MR) is 132 cm³/mol. The lowest BCUT2D eigenvalue weighted by atomic mass is 9.97. The highest BCUT2D eigenvalue weighted by Gasteiger charge is 2.22. The van der Waals surface area contributed by atoms with E-state index in [1.165, 1.54) is 5.56 Å². The van der Waals surface area contributed by atoms with Gasteiger partial charge in [-0.25, -0.2) is 4.98 Å². The minimum Gasteiger partial charge on any atom is -0.378 e. The van der Waals surface area contributed by atoms with Crippen LogP contribution in [0.4, 0.5) is 17.2 Å². The number of aldehydes is 1. The van der Waals surface area contributed by atoms with Crippen LogP contribution in [0.2, 0.25) is 0 Å². The molecule has 1 atom stereocenters. The molecular weight excluding hydrogens is 412 g/mol. The standard InChI is InChI=1S/C27H28N4O2/c32-19-25-26-21(11-12-28-25)17-23(10-9-20-5-2-1-3-6-20)30-27(26)29-22-7-4-8-24(18-22)31-13-15-33-16-14-31/h1-8,11-12,17-19,25,28H,9-10,13-16H2,(H,29,30). The van der Waals surface area contributed by atoms with Gasteiger partial charge in [0.1, 0.15) is 18.1 Å². The van der Waals surface area contributed by atoms with Crippen LogP contribution in [0.15, 0.2) is 66.9 Å². The first-order chi connectivity index (χ1) is 16.3. The third kappa shape index (κ3) is 4.91. The molecule has 0 spiro atoms. The molecule has 1 fully saturated rings. The third-order valence-corrected chi connectivity index (χ3v) is 6.13. The van der Waals surface area contributed by atoms with Crippen molar-refractivity contribution in [1.29, 1.82) is 0 Å². The first-order valence-electron chi connectivity index (χ1n) is 11.5. The van der Waals surface area contributed by atoms with Crippen LogP contribution in [-0.4, -0.2) is 37.6 Å². The summed E-state index contributed by atoms with van der Waals surface area (Å²) in [6.07, 6.45) is 6.52. The summed E-state index contributed by atoms with van der Waals surface area (Å²) in [5, 5.41) is 6.65. The molecule has 6 heteroatoms. The van der Waals surface area contributed by atoms with Crippen molar-refractivity contribution in [2.75, 3.05) is 36.5 Å². The highest BCUT2D eigenvalue weighted by Crippen LogP contribution is 2.32. The van der Waals surface area contributed by atoms with E-state index in [0.29, 0.717) is 0 Å². The molecule has 2 N–H and O–H groups in total. The van der Waals surface area contributed by atoms with Gasteiger partial charge in [-0.1, -0.05) is 36.4 Å². The van der Waals surface area contributed by atoms with Crippen molar-refractivity contribution in [3.8, 4) is 0 Å². The number of pyridine rings is 1. The Balaban J connectivity index is 1.45. The number of carbonyl (C=O) groups excluding carboxylic acids is 1. The molecule has 2 aliphatic rings. The molecule has 168 valence electrons. The molecule has 0 amide bonds. The van der Waals surface area contributed by atoms with Gasteiger partial charge in [0.2, 0.25) is 0 Å². The molecule has 2 aromatic carbocycles. The van der Waals surface area contributed by atoms with Gasteiger partial charge in [-0.05, 0) is 60.5 Å². The maximum Gasteiger partial charge on any atom is 0.146 e. The van der Waals surface area contributed by atoms with E-state index in [1.807, 2.05) is 30.5 Å². The average Bonchev–Trinajstić information content (AvgIpc) is 2.88. The number of morpholine rings is 1. The summed E-state index contributed by atoms with van der Waals surface area (Å²) in [7, 11) is 0. The number of ether oxygens (including phenoxy) is 1. The van der Waals surface area contributed by atoms with Crippen LogP contribution in [0, 0.1) is 0 Å². The van der Waals surface area contributed by atoms with Crippen LogP contribution >= 0.6 is 0 Å². The first kappa shape index (κ1) is 21.2. The largest absolute Gasteiger partial charge is 0.378 e. The number of nitrogens with one attached hydrogen (secondary N) is 2. The molecule has 0 aliphatic carbocycles. The number of fused-ring (bicyclic) bond motifs is 1. The number of aryl methyl sites for hydroxylation is 2. The Morgan fingerprint density at radius 1 is 1.06 bits per heavy atom. The van der Waals surface area contributed by atoms with Crippen LogP contribution in [0.1, 0.15) is 28.4 Å². The number of rotatable bonds is 7. The fourth-order valence-corrected chi connectivity index (χ4v) is 4.41. The smallest absolute Gasteiger partial charge is 0.146 e. The average molecular weight is 441 g/mol. The van der Waals surface area contributed by atoms with E-state index in [-0.39, 0.29) is 0 Å². The van der Waals surface area contributed by atoms with E-state index in [9.17, 15) is 4.79 Å². The Morgan fingerprint density at radius 3 is 2.73 bits per heavy atom. The number of nitrogens with zero attached hydrogens (tertiary/aromatic N) is 2. The highest BCUT2D eigenvalue weighted by molar-refractivity contribution is 5.77. The third-order valence-electron chi connectivity index (χ3n) is 6.13. The Kier molecular flexibility index (Phi) is 6.35. The van der Waals surface area contributed by atoms with Gasteiger partial charge >= 0.3 is 0 Å². The van der Waals surface area contributed by atoms with Gasteiger partial charge in [0, 0.05) is 35.7 Å². The summed E-state index contributed by atoms with van der Waals surface area (Å²) in [5.41, 5.74) is 6.30. The van der Waals surface area contributed by atoms with Crippen molar-refractivity contribution in [3.63, 3.8) is 0 Å². The molecule has 0 saturated carbocycles. The fourth-order valence-electron chi connectivity index (χ4n) is 4.41. The van der Waals surface area contributed by atoms with E-state index >= 15 is 0 Å². The van der Waals surface area contributed by atoms with Crippen molar-refractivity contribution in [2.24, 2.45) is 0 Å². The Bertz CT molecular complexity index is 1140.